The van der Waals surface area contributed by atoms with Crippen LogP contribution >= 0.6 is 11.6 Å². The highest BCUT2D eigenvalue weighted by Crippen LogP contribution is 2.22. The number of rotatable bonds is 2. The van der Waals surface area contributed by atoms with Crippen molar-refractivity contribution in [3.63, 3.8) is 0 Å². The molecule has 2 heterocycles. The molecule has 0 aromatic carbocycles. The van der Waals surface area contributed by atoms with Crippen LogP contribution in [0.25, 0.3) is 0 Å². The molecule has 0 bridgehead atoms. The molecule has 1 aliphatic rings. The van der Waals surface area contributed by atoms with E-state index >= 15 is 0 Å². The van der Waals surface area contributed by atoms with Crippen LogP contribution in [0.4, 0.5) is 0 Å². The van der Waals surface area contributed by atoms with Gasteiger partial charge in [0.05, 0.1) is 5.69 Å². The Labute approximate surface area is 102 Å². The smallest absolute Gasteiger partial charge is 0.150 e. The summed E-state index contributed by atoms with van der Waals surface area (Å²) in [6, 6.07) is 0. The third kappa shape index (κ3) is 3.16. The van der Waals surface area contributed by atoms with E-state index in [0.29, 0.717) is 11.1 Å². The number of hydrogen-bond donors (Lipinski definition) is 0. The van der Waals surface area contributed by atoms with Gasteiger partial charge in [0.15, 0.2) is 0 Å². The largest absolute Gasteiger partial charge is 0.306 e. The van der Waals surface area contributed by atoms with E-state index in [4.69, 9.17) is 11.6 Å². The number of likely N-dealkylation sites (tertiary alicyclic amines) is 1. The van der Waals surface area contributed by atoms with E-state index in [0.717, 1.165) is 12.1 Å². The first kappa shape index (κ1) is 11.8. The molecule has 1 saturated heterocycles. The van der Waals surface area contributed by atoms with Crippen molar-refractivity contribution in [2.24, 2.45) is 5.92 Å². The van der Waals surface area contributed by atoms with Gasteiger partial charge >= 0.3 is 0 Å². The Morgan fingerprint density at radius 3 is 2.94 bits per heavy atom. The topological polar surface area (TPSA) is 29.0 Å². The lowest BCUT2D eigenvalue weighted by atomic mass is 9.95. The number of halogens is 1. The summed E-state index contributed by atoms with van der Waals surface area (Å²) in [6.45, 7) is 2.40. The van der Waals surface area contributed by atoms with Crippen LogP contribution in [0.3, 0.4) is 0 Å². The fourth-order valence-corrected chi connectivity index (χ4v) is 2.46. The zero-order valence-electron chi connectivity index (χ0n) is 9.69. The molecule has 0 amide bonds. The van der Waals surface area contributed by atoms with Crippen molar-refractivity contribution >= 4 is 11.6 Å². The van der Waals surface area contributed by atoms with Gasteiger partial charge in [0.25, 0.3) is 0 Å². The Morgan fingerprint density at radius 1 is 1.31 bits per heavy atom. The lowest BCUT2D eigenvalue weighted by Gasteiger charge is -2.14. The molecule has 0 saturated carbocycles. The predicted octanol–water partition coefficient (Wildman–Crippen LogP) is 2.40. The molecule has 1 aromatic rings. The first-order valence-corrected chi connectivity index (χ1v) is 6.27. The molecule has 0 N–H and O–H groups in total. The number of aromatic nitrogens is 2. The van der Waals surface area contributed by atoms with E-state index in [2.05, 4.69) is 21.9 Å². The zero-order valence-corrected chi connectivity index (χ0v) is 10.5. The minimum Gasteiger partial charge on any atom is -0.306 e. The third-order valence-corrected chi connectivity index (χ3v) is 3.59. The second-order valence-corrected chi connectivity index (χ2v) is 4.96. The van der Waals surface area contributed by atoms with Crippen molar-refractivity contribution in [3.05, 3.63) is 23.2 Å². The maximum absolute atomic E-state index is 6.03. The lowest BCUT2D eigenvalue weighted by Crippen LogP contribution is -2.19. The standard InChI is InChI=1S/C12H18ClN3/c1-16-7-2-3-10(4-8-16)9-11-12(13)15-6-5-14-11/h5-6,10H,2-4,7-9H2,1H3/t10-/m1/s1. The van der Waals surface area contributed by atoms with Crippen molar-refractivity contribution in [2.75, 3.05) is 20.1 Å². The number of hydrogen-bond acceptors (Lipinski definition) is 3. The third-order valence-electron chi connectivity index (χ3n) is 3.28. The van der Waals surface area contributed by atoms with Crippen LogP contribution in [0.5, 0.6) is 0 Å². The lowest BCUT2D eigenvalue weighted by molar-refractivity contribution is 0.341. The average molecular weight is 240 g/mol. The zero-order chi connectivity index (χ0) is 11.4. The molecule has 16 heavy (non-hydrogen) atoms. The molecule has 4 heteroatoms. The number of nitrogens with zero attached hydrogens (tertiary/aromatic N) is 3. The Hall–Kier alpha value is -0.670. The molecule has 1 atom stereocenters. The molecule has 1 fully saturated rings. The average Bonchev–Trinajstić information content (AvgIpc) is 2.47. The fourth-order valence-electron chi connectivity index (χ4n) is 2.27. The second-order valence-electron chi connectivity index (χ2n) is 4.60. The van der Waals surface area contributed by atoms with Gasteiger partial charge in [-0.15, -0.1) is 0 Å². The van der Waals surface area contributed by atoms with Crippen molar-refractivity contribution in [1.82, 2.24) is 14.9 Å². The summed E-state index contributed by atoms with van der Waals surface area (Å²) in [5, 5.41) is 0.570. The molecule has 1 aliphatic heterocycles. The summed E-state index contributed by atoms with van der Waals surface area (Å²) in [5.74, 6) is 0.708. The van der Waals surface area contributed by atoms with Crippen molar-refractivity contribution in [3.8, 4) is 0 Å². The van der Waals surface area contributed by atoms with Crippen molar-refractivity contribution in [2.45, 2.75) is 25.7 Å². The normalized spacial score (nSPS) is 23.0. The summed E-state index contributed by atoms with van der Waals surface area (Å²) < 4.78 is 0. The van der Waals surface area contributed by atoms with Gasteiger partial charge in [-0.05, 0) is 51.7 Å². The summed E-state index contributed by atoms with van der Waals surface area (Å²) in [7, 11) is 2.19. The summed E-state index contributed by atoms with van der Waals surface area (Å²) in [4.78, 5) is 10.8. The summed E-state index contributed by atoms with van der Waals surface area (Å²) >= 11 is 6.03. The quantitative estimate of drug-likeness (QED) is 0.794. The Morgan fingerprint density at radius 2 is 2.12 bits per heavy atom. The highest BCUT2D eigenvalue weighted by Gasteiger charge is 2.17. The van der Waals surface area contributed by atoms with Gasteiger partial charge in [-0.2, -0.15) is 0 Å². The van der Waals surface area contributed by atoms with Gasteiger partial charge in [0.2, 0.25) is 0 Å². The minimum atomic E-state index is 0.570. The maximum atomic E-state index is 6.03. The molecule has 0 spiro atoms. The van der Waals surface area contributed by atoms with Crippen LogP contribution in [-0.2, 0) is 6.42 Å². The molecule has 2 rings (SSSR count). The van der Waals surface area contributed by atoms with E-state index in [-0.39, 0.29) is 0 Å². The van der Waals surface area contributed by atoms with Crippen LogP contribution in [0, 0.1) is 5.92 Å². The highest BCUT2D eigenvalue weighted by atomic mass is 35.5. The van der Waals surface area contributed by atoms with Crippen LogP contribution in [0.2, 0.25) is 5.15 Å². The molecular formula is C12H18ClN3. The van der Waals surface area contributed by atoms with Crippen LogP contribution < -0.4 is 0 Å². The van der Waals surface area contributed by atoms with Gasteiger partial charge in [-0.3, -0.25) is 4.98 Å². The molecule has 3 nitrogen and oxygen atoms in total. The van der Waals surface area contributed by atoms with Gasteiger partial charge in [0.1, 0.15) is 5.15 Å². The van der Waals surface area contributed by atoms with Gasteiger partial charge in [-0.25, -0.2) is 4.98 Å². The SMILES string of the molecule is CN1CCC[C@@H](Cc2nccnc2Cl)CC1. The monoisotopic (exact) mass is 239 g/mol. The highest BCUT2D eigenvalue weighted by molar-refractivity contribution is 6.29. The Balaban J connectivity index is 1.96. The first-order valence-electron chi connectivity index (χ1n) is 5.89. The molecule has 0 radical (unpaired) electrons. The summed E-state index contributed by atoms with van der Waals surface area (Å²) in [5.41, 5.74) is 0.957. The Bertz CT molecular complexity index is 343. The second kappa shape index (κ2) is 5.60. The maximum Gasteiger partial charge on any atom is 0.150 e. The molecule has 88 valence electrons. The van der Waals surface area contributed by atoms with E-state index in [9.17, 15) is 0 Å². The predicted molar refractivity (Wildman–Crippen MR) is 65.6 cm³/mol. The van der Waals surface area contributed by atoms with Crippen molar-refractivity contribution < 1.29 is 0 Å². The molecule has 1 aromatic heterocycles. The molecule has 0 unspecified atom stereocenters. The van der Waals surface area contributed by atoms with Gasteiger partial charge < -0.3 is 4.90 Å². The van der Waals surface area contributed by atoms with E-state index in [1.54, 1.807) is 12.4 Å². The summed E-state index contributed by atoms with van der Waals surface area (Å²) in [6.07, 6.45) is 8.14. The van der Waals surface area contributed by atoms with Crippen LogP contribution in [-0.4, -0.2) is 35.0 Å². The first-order chi connectivity index (χ1) is 7.75. The van der Waals surface area contributed by atoms with E-state index in [1.807, 2.05) is 0 Å². The Kier molecular flexibility index (Phi) is 4.13. The van der Waals surface area contributed by atoms with Gasteiger partial charge in [0, 0.05) is 12.4 Å². The van der Waals surface area contributed by atoms with Crippen LogP contribution in [0.1, 0.15) is 25.0 Å². The molecule has 0 aliphatic carbocycles. The van der Waals surface area contributed by atoms with E-state index in [1.165, 1.54) is 32.4 Å². The fraction of sp³-hybridized carbons (Fsp3) is 0.667. The van der Waals surface area contributed by atoms with Crippen LogP contribution in [0.15, 0.2) is 12.4 Å². The molecular weight excluding hydrogens is 222 g/mol. The minimum absolute atomic E-state index is 0.570. The van der Waals surface area contributed by atoms with Crippen molar-refractivity contribution in [1.29, 1.82) is 0 Å². The van der Waals surface area contributed by atoms with E-state index < -0.39 is 0 Å². The van der Waals surface area contributed by atoms with Gasteiger partial charge in [-0.1, -0.05) is 11.6 Å².